The summed E-state index contributed by atoms with van der Waals surface area (Å²) in [6.45, 7) is 4.35. The number of hydrogen-bond donors (Lipinski definition) is 0. The summed E-state index contributed by atoms with van der Waals surface area (Å²) in [6, 6.07) is 7.82. The molecule has 0 aliphatic carbocycles. The molecule has 1 unspecified atom stereocenters. The minimum absolute atomic E-state index is 0.109. The van der Waals surface area contributed by atoms with E-state index in [9.17, 15) is 0 Å². The number of halogens is 1. The van der Waals surface area contributed by atoms with Crippen LogP contribution in [-0.4, -0.2) is 10.4 Å². The summed E-state index contributed by atoms with van der Waals surface area (Å²) in [5.41, 5.74) is 1.76. The summed E-state index contributed by atoms with van der Waals surface area (Å²) in [7, 11) is 0. The van der Waals surface area contributed by atoms with E-state index in [1.807, 2.05) is 24.3 Å². The molecule has 0 radical (unpaired) electrons. The molecule has 2 aromatic rings. The second-order valence-corrected chi connectivity index (χ2v) is 4.93. The van der Waals surface area contributed by atoms with E-state index < -0.39 is 0 Å². The Morgan fingerprint density at radius 1 is 1.24 bits per heavy atom. The van der Waals surface area contributed by atoms with E-state index in [4.69, 9.17) is 16.0 Å². The number of hydrogen-bond acceptors (Lipinski definition) is 2. The topological polar surface area (TPSA) is 26.0 Å². The van der Waals surface area contributed by atoms with Gasteiger partial charge >= 0.3 is 0 Å². The molecule has 0 saturated carbocycles. The van der Waals surface area contributed by atoms with Gasteiger partial charge in [0.25, 0.3) is 0 Å². The second-order valence-electron chi connectivity index (χ2n) is 4.37. The normalized spacial score (nSPS) is 13.4. The van der Waals surface area contributed by atoms with Crippen molar-refractivity contribution >= 4 is 22.7 Å². The van der Waals surface area contributed by atoms with Crippen molar-refractivity contribution < 1.29 is 4.42 Å². The van der Waals surface area contributed by atoms with E-state index in [-0.39, 0.29) is 5.38 Å². The molecule has 0 spiro atoms. The van der Waals surface area contributed by atoms with Gasteiger partial charge in [0.05, 0.1) is 0 Å². The summed E-state index contributed by atoms with van der Waals surface area (Å²) < 4.78 is 5.68. The summed E-state index contributed by atoms with van der Waals surface area (Å²) in [5.74, 6) is 1.28. The Morgan fingerprint density at radius 2 is 1.94 bits per heavy atom. The number of oxazole rings is 1. The van der Waals surface area contributed by atoms with Crippen LogP contribution in [0.3, 0.4) is 0 Å². The van der Waals surface area contributed by atoms with Gasteiger partial charge < -0.3 is 4.42 Å². The molecule has 2 nitrogen and oxygen atoms in total. The second kappa shape index (κ2) is 5.54. The molecule has 1 aromatic carbocycles. The first-order chi connectivity index (χ1) is 8.24. The van der Waals surface area contributed by atoms with Gasteiger partial charge in [-0.05, 0) is 18.1 Å². The van der Waals surface area contributed by atoms with Crippen LogP contribution in [0.25, 0.3) is 11.1 Å². The number of para-hydroxylation sites is 2. The first-order valence-corrected chi connectivity index (χ1v) is 6.66. The van der Waals surface area contributed by atoms with Gasteiger partial charge in [-0.25, -0.2) is 4.98 Å². The molecule has 0 fully saturated rings. The van der Waals surface area contributed by atoms with Crippen molar-refractivity contribution in [1.82, 2.24) is 4.98 Å². The lowest BCUT2D eigenvalue weighted by Crippen LogP contribution is -2.16. The van der Waals surface area contributed by atoms with Crippen LogP contribution in [0.2, 0.25) is 0 Å². The molecule has 0 bridgehead atoms. The monoisotopic (exact) mass is 251 g/mol. The maximum absolute atomic E-state index is 6.41. The number of nitrogens with zero attached hydrogens (tertiary/aromatic N) is 1. The van der Waals surface area contributed by atoms with E-state index in [1.54, 1.807) is 0 Å². The lowest BCUT2D eigenvalue weighted by molar-refractivity contribution is 0.430. The van der Waals surface area contributed by atoms with Crippen molar-refractivity contribution in [2.75, 3.05) is 0 Å². The van der Waals surface area contributed by atoms with Crippen LogP contribution < -0.4 is 0 Å². The zero-order valence-corrected chi connectivity index (χ0v) is 11.1. The van der Waals surface area contributed by atoms with Crippen molar-refractivity contribution in [1.29, 1.82) is 0 Å². The maximum Gasteiger partial charge on any atom is 0.196 e. The average Bonchev–Trinajstić information content (AvgIpc) is 2.72. The number of fused-ring (bicyclic) bond motifs is 1. The largest absolute Gasteiger partial charge is 0.441 e. The summed E-state index contributed by atoms with van der Waals surface area (Å²) in [4.78, 5) is 4.45. The maximum atomic E-state index is 6.41. The molecule has 0 amide bonds. The van der Waals surface area contributed by atoms with Gasteiger partial charge in [0, 0.05) is 11.8 Å². The Morgan fingerprint density at radius 3 is 2.59 bits per heavy atom. The third-order valence-corrected chi connectivity index (χ3v) is 3.78. The summed E-state index contributed by atoms with van der Waals surface area (Å²) in [6.07, 6.45) is 2.92. The van der Waals surface area contributed by atoms with Gasteiger partial charge in [-0.15, -0.1) is 11.6 Å². The van der Waals surface area contributed by atoms with E-state index in [1.165, 1.54) is 0 Å². The minimum Gasteiger partial charge on any atom is -0.441 e. The fourth-order valence-corrected chi connectivity index (χ4v) is 2.63. The van der Waals surface area contributed by atoms with Crippen LogP contribution >= 0.6 is 11.6 Å². The van der Waals surface area contributed by atoms with Crippen molar-refractivity contribution in [3.05, 3.63) is 30.2 Å². The van der Waals surface area contributed by atoms with Crippen molar-refractivity contribution in [2.45, 2.75) is 38.5 Å². The van der Waals surface area contributed by atoms with E-state index >= 15 is 0 Å². The molecule has 1 atom stereocenters. The van der Waals surface area contributed by atoms with Crippen LogP contribution in [0.1, 0.15) is 32.6 Å². The fourth-order valence-electron chi connectivity index (χ4n) is 2.14. The van der Waals surface area contributed by atoms with Crippen molar-refractivity contribution in [2.24, 2.45) is 5.92 Å². The standard InChI is InChI=1S/C14H18ClNO/c1-3-10(4-2)11(15)9-14-16-12-7-5-6-8-13(12)17-14/h5-8,10-11H,3-4,9H2,1-2H3. The zero-order chi connectivity index (χ0) is 12.3. The Balaban J connectivity index is 2.12. The molecule has 0 aliphatic rings. The minimum atomic E-state index is 0.109. The quantitative estimate of drug-likeness (QED) is 0.736. The van der Waals surface area contributed by atoms with Gasteiger partial charge in [-0.1, -0.05) is 38.8 Å². The third kappa shape index (κ3) is 2.81. The van der Waals surface area contributed by atoms with E-state index in [0.29, 0.717) is 12.3 Å². The highest BCUT2D eigenvalue weighted by Gasteiger charge is 2.18. The highest BCUT2D eigenvalue weighted by Crippen LogP contribution is 2.23. The smallest absolute Gasteiger partial charge is 0.196 e. The highest BCUT2D eigenvalue weighted by atomic mass is 35.5. The van der Waals surface area contributed by atoms with Gasteiger partial charge in [0.15, 0.2) is 11.5 Å². The first kappa shape index (κ1) is 12.4. The molecule has 0 saturated heterocycles. The number of alkyl halides is 1. The van der Waals surface area contributed by atoms with E-state index in [2.05, 4.69) is 18.8 Å². The zero-order valence-electron chi connectivity index (χ0n) is 10.3. The van der Waals surface area contributed by atoms with Crippen LogP contribution in [0.15, 0.2) is 28.7 Å². The molecule has 92 valence electrons. The lowest BCUT2D eigenvalue weighted by atomic mass is 9.97. The Kier molecular flexibility index (Phi) is 4.06. The molecule has 17 heavy (non-hydrogen) atoms. The number of rotatable bonds is 5. The first-order valence-electron chi connectivity index (χ1n) is 6.23. The van der Waals surface area contributed by atoms with Gasteiger partial charge in [0.2, 0.25) is 0 Å². The molecule has 0 N–H and O–H groups in total. The van der Waals surface area contributed by atoms with Gasteiger partial charge in [-0.3, -0.25) is 0 Å². The van der Waals surface area contributed by atoms with Crippen molar-refractivity contribution in [3.63, 3.8) is 0 Å². The summed E-state index contributed by atoms with van der Waals surface area (Å²) in [5, 5.41) is 0.109. The van der Waals surface area contributed by atoms with Crippen LogP contribution in [0.5, 0.6) is 0 Å². The Hall–Kier alpha value is -1.02. The molecular weight excluding hydrogens is 234 g/mol. The van der Waals surface area contributed by atoms with Gasteiger partial charge in [-0.2, -0.15) is 0 Å². The predicted molar refractivity (Wildman–Crippen MR) is 71.4 cm³/mol. The summed E-state index contributed by atoms with van der Waals surface area (Å²) >= 11 is 6.41. The molecule has 3 heteroatoms. The fraction of sp³-hybridized carbons (Fsp3) is 0.500. The Bertz CT molecular complexity index is 443. The number of aromatic nitrogens is 1. The van der Waals surface area contributed by atoms with Crippen LogP contribution in [0, 0.1) is 5.92 Å². The third-order valence-electron chi connectivity index (χ3n) is 3.27. The molecule has 2 rings (SSSR count). The predicted octanol–water partition coefficient (Wildman–Crippen LogP) is 4.41. The molecular formula is C14H18ClNO. The SMILES string of the molecule is CCC(CC)C(Cl)Cc1nc2ccccc2o1. The highest BCUT2D eigenvalue weighted by molar-refractivity contribution is 6.20. The van der Waals surface area contributed by atoms with Crippen molar-refractivity contribution in [3.8, 4) is 0 Å². The van der Waals surface area contributed by atoms with Gasteiger partial charge in [0.1, 0.15) is 5.52 Å². The van der Waals surface area contributed by atoms with Crippen LogP contribution in [0.4, 0.5) is 0 Å². The van der Waals surface area contributed by atoms with E-state index in [0.717, 1.165) is 29.8 Å². The molecule has 1 heterocycles. The number of benzene rings is 1. The molecule has 1 aromatic heterocycles. The average molecular weight is 252 g/mol. The van der Waals surface area contributed by atoms with Crippen LogP contribution in [-0.2, 0) is 6.42 Å². The Labute approximate surface area is 107 Å². The molecule has 0 aliphatic heterocycles. The lowest BCUT2D eigenvalue weighted by Gasteiger charge is -2.17.